The van der Waals surface area contributed by atoms with Gasteiger partial charge in [0.2, 0.25) is 0 Å². The van der Waals surface area contributed by atoms with Crippen LogP contribution >= 0.6 is 27.5 Å². The van der Waals surface area contributed by atoms with Crippen LogP contribution in [0.3, 0.4) is 0 Å². The molecule has 1 aliphatic rings. The Morgan fingerprint density at radius 1 is 1.39 bits per heavy atom. The zero-order valence-corrected chi connectivity index (χ0v) is 11.5. The molecular formula is C11H9BrClF3N2. The SMILES string of the molecule is FC(F)(F)C1=CCN(c2ncc(Cl)cc2Br)CC1. The van der Waals surface area contributed by atoms with Crippen molar-refractivity contribution in [1.29, 1.82) is 0 Å². The first-order valence-corrected chi connectivity index (χ1v) is 6.37. The van der Waals surface area contributed by atoms with Crippen LogP contribution in [-0.4, -0.2) is 24.2 Å². The molecule has 0 atom stereocenters. The fraction of sp³-hybridized carbons (Fsp3) is 0.364. The van der Waals surface area contributed by atoms with Gasteiger partial charge in [-0.1, -0.05) is 17.7 Å². The van der Waals surface area contributed by atoms with Gasteiger partial charge in [0.25, 0.3) is 0 Å². The highest BCUT2D eigenvalue weighted by Gasteiger charge is 2.35. The van der Waals surface area contributed by atoms with E-state index >= 15 is 0 Å². The van der Waals surface area contributed by atoms with Crippen molar-refractivity contribution in [2.75, 3.05) is 18.0 Å². The van der Waals surface area contributed by atoms with Crippen molar-refractivity contribution in [3.63, 3.8) is 0 Å². The molecule has 0 saturated heterocycles. The van der Waals surface area contributed by atoms with Gasteiger partial charge in [-0.3, -0.25) is 0 Å². The topological polar surface area (TPSA) is 16.1 Å². The van der Waals surface area contributed by atoms with Crippen molar-refractivity contribution in [3.8, 4) is 0 Å². The first-order valence-electron chi connectivity index (χ1n) is 5.20. The maximum Gasteiger partial charge on any atom is 0.412 e. The molecule has 0 aliphatic carbocycles. The first-order chi connectivity index (χ1) is 8.38. The van der Waals surface area contributed by atoms with Gasteiger partial charge in [-0.15, -0.1) is 0 Å². The number of pyridine rings is 1. The molecule has 18 heavy (non-hydrogen) atoms. The normalized spacial score (nSPS) is 16.7. The Morgan fingerprint density at radius 3 is 2.61 bits per heavy atom. The van der Waals surface area contributed by atoms with Gasteiger partial charge in [-0.05, 0) is 28.4 Å². The van der Waals surface area contributed by atoms with E-state index in [0.29, 0.717) is 21.9 Å². The van der Waals surface area contributed by atoms with Crippen LogP contribution in [0.1, 0.15) is 6.42 Å². The molecule has 0 N–H and O–H groups in total. The average molecular weight is 342 g/mol. The second kappa shape index (κ2) is 5.09. The third-order valence-electron chi connectivity index (χ3n) is 2.66. The number of aromatic nitrogens is 1. The molecule has 0 saturated carbocycles. The lowest BCUT2D eigenvalue weighted by Crippen LogP contribution is -2.32. The van der Waals surface area contributed by atoms with Crippen LogP contribution in [0.2, 0.25) is 5.02 Å². The molecule has 2 nitrogen and oxygen atoms in total. The summed E-state index contributed by atoms with van der Waals surface area (Å²) in [6, 6.07) is 1.67. The van der Waals surface area contributed by atoms with Crippen molar-refractivity contribution < 1.29 is 13.2 Å². The number of hydrogen-bond acceptors (Lipinski definition) is 2. The Balaban J connectivity index is 2.17. The smallest absolute Gasteiger partial charge is 0.352 e. The van der Waals surface area contributed by atoms with E-state index in [1.54, 1.807) is 11.0 Å². The number of anilines is 1. The quantitative estimate of drug-likeness (QED) is 0.712. The third kappa shape index (κ3) is 2.98. The lowest BCUT2D eigenvalue weighted by Gasteiger charge is -2.28. The predicted molar refractivity (Wildman–Crippen MR) is 67.9 cm³/mol. The van der Waals surface area contributed by atoms with Crippen LogP contribution in [0, 0.1) is 0 Å². The molecule has 2 heterocycles. The molecule has 0 radical (unpaired) electrons. The zero-order chi connectivity index (χ0) is 13.3. The van der Waals surface area contributed by atoms with Crippen LogP contribution < -0.4 is 4.90 Å². The summed E-state index contributed by atoms with van der Waals surface area (Å²) < 4.78 is 38.1. The molecule has 0 aromatic carbocycles. The molecule has 1 aromatic rings. The minimum Gasteiger partial charge on any atom is -0.352 e. The first kappa shape index (κ1) is 13.7. The van der Waals surface area contributed by atoms with Crippen LogP contribution in [0.15, 0.2) is 28.4 Å². The summed E-state index contributed by atoms with van der Waals surface area (Å²) in [4.78, 5) is 5.90. The second-order valence-corrected chi connectivity index (χ2v) is 5.17. The van der Waals surface area contributed by atoms with Crippen molar-refractivity contribution in [2.45, 2.75) is 12.6 Å². The lowest BCUT2D eigenvalue weighted by molar-refractivity contribution is -0.0944. The Labute approximate surface area is 116 Å². The molecular weight excluding hydrogens is 332 g/mol. The van der Waals surface area contributed by atoms with E-state index in [1.807, 2.05) is 0 Å². The average Bonchev–Trinajstić information content (AvgIpc) is 2.28. The highest BCUT2D eigenvalue weighted by atomic mass is 79.9. The molecule has 0 fully saturated rings. The second-order valence-electron chi connectivity index (χ2n) is 3.88. The molecule has 0 spiro atoms. The third-order valence-corrected chi connectivity index (χ3v) is 3.45. The van der Waals surface area contributed by atoms with Crippen molar-refractivity contribution in [2.24, 2.45) is 0 Å². The highest BCUT2D eigenvalue weighted by Crippen LogP contribution is 2.33. The number of nitrogens with zero attached hydrogens (tertiary/aromatic N) is 2. The lowest BCUT2D eigenvalue weighted by atomic mass is 10.1. The molecule has 0 unspecified atom stereocenters. The van der Waals surface area contributed by atoms with Gasteiger partial charge in [0.1, 0.15) is 5.82 Å². The monoisotopic (exact) mass is 340 g/mol. The highest BCUT2D eigenvalue weighted by molar-refractivity contribution is 9.10. The van der Waals surface area contributed by atoms with Gasteiger partial charge >= 0.3 is 6.18 Å². The van der Waals surface area contributed by atoms with Gasteiger partial charge < -0.3 is 4.90 Å². The van der Waals surface area contributed by atoms with Crippen LogP contribution in [0.25, 0.3) is 0 Å². The fourth-order valence-electron chi connectivity index (χ4n) is 1.76. The maximum absolute atomic E-state index is 12.5. The predicted octanol–water partition coefficient (Wildman–Crippen LogP) is 4.20. The summed E-state index contributed by atoms with van der Waals surface area (Å²) in [5.41, 5.74) is -0.469. The number of rotatable bonds is 1. The summed E-state index contributed by atoms with van der Waals surface area (Å²) in [5.74, 6) is 0.608. The Hall–Kier alpha value is -0.750. The van der Waals surface area contributed by atoms with Gasteiger partial charge in [-0.2, -0.15) is 13.2 Å². The summed E-state index contributed by atoms with van der Waals surface area (Å²) in [5, 5.41) is 0.481. The molecule has 0 amide bonds. The minimum atomic E-state index is -4.23. The molecule has 7 heteroatoms. The van der Waals surface area contributed by atoms with E-state index in [9.17, 15) is 13.2 Å². The van der Waals surface area contributed by atoms with E-state index in [-0.39, 0.29) is 13.0 Å². The number of alkyl halides is 3. The minimum absolute atomic E-state index is 0.0275. The molecule has 1 aliphatic heterocycles. The van der Waals surface area contributed by atoms with Gasteiger partial charge in [0.15, 0.2) is 0 Å². The molecule has 1 aromatic heterocycles. The number of halogens is 5. The summed E-state index contributed by atoms with van der Waals surface area (Å²) in [6.45, 7) is 0.487. The summed E-state index contributed by atoms with van der Waals surface area (Å²) in [7, 11) is 0. The largest absolute Gasteiger partial charge is 0.412 e. The Bertz CT molecular complexity index is 488. The Kier molecular flexibility index (Phi) is 3.87. The van der Waals surface area contributed by atoms with Gasteiger partial charge in [0, 0.05) is 24.9 Å². The van der Waals surface area contributed by atoms with Gasteiger partial charge in [-0.25, -0.2) is 4.98 Å². The van der Waals surface area contributed by atoms with Gasteiger partial charge in [0.05, 0.1) is 9.50 Å². The van der Waals surface area contributed by atoms with E-state index in [2.05, 4.69) is 20.9 Å². The zero-order valence-electron chi connectivity index (χ0n) is 9.14. The Morgan fingerprint density at radius 2 is 2.11 bits per heavy atom. The van der Waals surface area contributed by atoms with E-state index in [0.717, 1.165) is 0 Å². The fourth-order valence-corrected chi connectivity index (χ4v) is 2.65. The molecule has 2 rings (SSSR count). The summed E-state index contributed by atoms with van der Waals surface area (Å²) in [6.07, 6.45) is -1.58. The molecule has 98 valence electrons. The van der Waals surface area contributed by atoms with Crippen LogP contribution in [-0.2, 0) is 0 Å². The summed E-state index contributed by atoms with van der Waals surface area (Å²) >= 11 is 9.07. The van der Waals surface area contributed by atoms with Crippen LogP contribution in [0.5, 0.6) is 0 Å². The van der Waals surface area contributed by atoms with Crippen molar-refractivity contribution >= 4 is 33.3 Å². The van der Waals surface area contributed by atoms with Crippen molar-refractivity contribution in [3.05, 3.63) is 33.4 Å². The maximum atomic E-state index is 12.5. The van der Waals surface area contributed by atoms with E-state index < -0.39 is 11.7 Å². The molecule has 0 bridgehead atoms. The standard InChI is InChI=1S/C11H9BrClF3N2/c12-9-5-8(13)6-17-10(9)18-3-1-7(2-4-18)11(14,15)16/h1,5-6H,2-4H2. The van der Waals surface area contributed by atoms with Crippen LogP contribution in [0.4, 0.5) is 19.0 Å². The van der Waals surface area contributed by atoms with E-state index in [4.69, 9.17) is 11.6 Å². The van der Waals surface area contributed by atoms with E-state index in [1.165, 1.54) is 12.3 Å². The number of hydrogen-bond donors (Lipinski definition) is 0. The van der Waals surface area contributed by atoms with Crippen molar-refractivity contribution in [1.82, 2.24) is 4.98 Å².